The van der Waals surface area contributed by atoms with Gasteiger partial charge in [-0.15, -0.1) is 24.2 Å². The minimum atomic E-state index is -0.395. The van der Waals surface area contributed by atoms with Crippen molar-refractivity contribution in [3.63, 3.8) is 0 Å². The number of carbonyl (C=O) groups is 1. The zero-order valence-electron chi connectivity index (χ0n) is 17.3. The number of halogens is 1. The van der Waals surface area contributed by atoms with Crippen LogP contribution in [0.4, 0.5) is 5.82 Å². The van der Waals surface area contributed by atoms with Crippen LogP contribution in [-0.4, -0.2) is 57.0 Å². The number of H-pyrrole nitrogens is 1. The molecule has 8 nitrogen and oxygen atoms in total. The molecule has 0 saturated carbocycles. The molecule has 4 heterocycles. The molecule has 5 rings (SSSR count). The third kappa shape index (κ3) is 4.61. The number of carbonyl (C=O) groups excluding carboxylic acids is 1. The van der Waals surface area contributed by atoms with Gasteiger partial charge in [-0.05, 0) is 18.1 Å². The third-order valence-corrected chi connectivity index (χ3v) is 6.67. The third-order valence-electron chi connectivity index (χ3n) is 5.68. The van der Waals surface area contributed by atoms with E-state index >= 15 is 0 Å². The van der Waals surface area contributed by atoms with Crippen molar-refractivity contribution < 1.29 is 9.90 Å². The molecule has 3 atom stereocenters. The van der Waals surface area contributed by atoms with Crippen LogP contribution >= 0.6 is 24.2 Å². The Morgan fingerprint density at radius 1 is 1.25 bits per heavy atom. The average molecular weight is 473 g/mol. The molecule has 1 saturated heterocycles. The predicted octanol–water partition coefficient (Wildman–Crippen LogP) is 2.35. The number of fused-ring (bicyclic) bond motifs is 1. The average Bonchev–Trinajstić information content (AvgIpc) is 3.46. The Morgan fingerprint density at radius 3 is 2.88 bits per heavy atom. The number of amides is 1. The van der Waals surface area contributed by atoms with Crippen LogP contribution in [0, 0.1) is 0 Å². The monoisotopic (exact) mass is 472 g/mol. The van der Waals surface area contributed by atoms with E-state index in [2.05, 4.69) is 25.6 Å². The molecule has 10 heteroatoms. The van der Waals surface area contributed by atoms with Crippen molar-refractivity contribution >= 4 is 46.9 Å². The summed E-state index contributed by atoms with van der Waals surface area (Å²) in [5.74, 6) is 1.45. The molecule has 1 aromatic carbocycles. The number of rotatable bonds is 5. The van der Waals surface area contributed by atoms with E-state index < -0.39 is 6.10 Å². The molecule has 1 unspecified atom stereocenters. The zero-order valence-corrected chi connectivity index (χ0v) is 18.9. The van der Waals surface area contributed by atoms with Gasteiger partial charge in [-0.2, -0.15) is 0 Å². The lowest BCUT2D eigenvalue weighted by Gasteiger charge is -2.28. The highest BCUT2D eigenvalue weighted by Gasteiger charge is 2.32. The number of thioether (sulfide) groups is 1. The maximum Gasteiger partial charge on any atom is 0.259 e. The number of aromatic amines is 1. The maximum absolute atomic E-state index is 13.3. The van der Waals surface area contributed by atoms with Gasteiger partial charge < -0.3 is 25.6 Å². The largest absolute Gasteiger partial charge is 0.392 e. The molecule has 3 aromatic rings. The molecule has 4 N–H and O–H groups in total. The van der Waals surface area contributed by atoms with Crippen LogP contribution < -0.4 is 15.5 Å². The standard InChI is InChI=1S/C22H24N6O2S.ClH/c29-15-10-17(24-11-15)19(14-4-2-1-3-5-14)27-22(30)18-12-28(8-9-31-18)21-16-6-7-23-20(16)25-13-26-21;/h1-7,12-13,15,17,19,24,29H,8-11H2,(H,27,30)(H,23,25,26);1H/t15-,17-,19?;/m1./s1. The normalized spacial score (nSPS) is 21.7. The molecular weight excluding hydrogens is 448 g/mol. The second-order valence-corrected chi connectivity index (χ2v) is 8.88. The van der Waals surface area contributed by atoms with Crippen LogP contribution in [0.5, 0.6) is 0 Å². The van der Waals surface area contributed by atoms with Crippen LogP contribution in [0.25, 0.3) is 11.0 Å². The van der Waals surface area contributed by atoms with Gasteiger partial charge in [0.05, 0.1) is 22.4 Å². The zero-order chi connectivity index (χ0) is 21.2. The van der Waals surface area contributed by atoms with Crippen LogP contribution in [0.3, 0.4) is 0 Å². The van der Waals surface area contributed by atoms with E-state index in [4.69, 9.17) is 0 Å². The van der Waals surface area contributed by atoms with Crippen molar-refractivity contribution in [2.45, 2.75) is 24.6 Å². The molecule has 1 fully saturated rings. The number of nitrogens with zero attached hydrogens (tertiary/aromatic N) is 3. The van der Waals surface area contributed by atoms with Crippen LogP contribution in [0.2, 0.25) is 0 Å². The second-order valence-electron chi connectivity index (χ2n) is 7.74. The summed E-state index contributed by atoms with van der Waals surface area (Å²) in [6.45, 7) is 1.30. The minimum absolute atomic E-state index is 0. The first-order valence-corrected chi connectivity index (χ1v) is 11.3. The maximum atomic E-state index is 13.3. The number of anilines is 1. The molecule has 0 radical (unpaired) electrons. The summed E-state index contributed by atoms with van der Waals surface area (Å²) in [4.78, 5) is 27.7. The van der Waals surface area contributed by atoms with Crippen molar-refractivity contribution in [3.05, 3.63) is 65.6 Å². The Morgan fingerprint density at radius 2 is 2.09 bits per heavy atom. The Balaban J connectivity index is 0.00000245. The Labute approximate surface area is 196 Å². The molecule has 0 bridgehead atoms. The highest BCUT2D eigenvalue weighted by atomic mass is 35.5. The summed E-state index contributed by atoms with van der Waals surface area (Å²) in [5, 5.41) is 17.5. The first kappa shape index (κ1) is 22.6. The lowest BCUT2D eigenvalue weighted by molar-refractivity contribution is -0.117. The minimum Gasteiger partial charge on any atom is -0.392 e. The quantitative estimate of drug-likeness (QED) is 0.451. The predicted molar refractivity (Wildman–Crippen MR) is 129 cm³/mol. The number of aliphatic hydroxyl groups excluding tert-OH is 1. The topological polar surface area (TPSA) is 106 Å². The molecule has 168 valence electrons. The van der Waals surface area contributed by atoms with Crippen molar-refractivity contribution in [1.29, 1.82) is 0 Å². The van der Waals surface area contributed by atoms with Crippen molar-refractivity contribution in [2.75, 3.05) is 23.7 Å². The number of β-amino-alcohol motifs (C(OH)–C–C–N with tert-alkyl or cyclic N) is 1. The van der Waals surface area contributed by atoms with Crippen molar-refractivity contribution in [1.82, 2.24) is 25.6 Å². The SMILES string of the molecule is Cl.O=C(NC(c1ccccc1)[C@H]1C[C@@H](O)CN1)C1=CN(c2ncnc3[nH]ccc23)CCS1. The lowest BCUT2D eigenvalue weighted by Crippen LogP contribution is -2.41. The molecule has 2 aliphatic rings. The van der Waals surface area contributed by atoms with Crippen LogP contribution in [-0.2, 0) is 4.79 Å². The van der Waals surface area contributed by atoms with E-state index in [9.17, 15) is 9.90 Å². The Hall–Kier alpha value is -2.59. The van der Waals surface area contributed by atoms with Crippen molar-refractivity contribution in [3.8, 4) is 0 Å². The van der Waals surface area contributed by atoms with Crippen molar-refractivity contribution in [2.24, 2.45) is 0 Å². The lowest BCUT2D eigenvalue weighted by atomic mass is 9.97. The van der Waals surface area contributed by atoms with E-state index in [1.807, 2.05) is 53.7 Å². The number of aromatic nitrogens is 3. The highest BCUT2D eigenvalue weighted by Crippen LogP contribution is 2.30. The van der Waals surface area contributed by atoms with Gasteiger partial charge >= 0.3 is 0 Å². The molecule has 0 aliphatic carbocycles. The fourth-order valence-electron chi connectivity index (χ4n) is 4.17. The van der Waals surface area contributed by atoms with Gasteiger partial charge in [0.2, 0.25) is 0 Å². The summed E-state index contributed by atoms with van der Waals surface area (Å²) >= 11 is 1.54. The highest BCUT2D eigenvalue weighted by molar-refractivity contribution is 8.04. The number of aliphatic hydroxyl groups is 1. The molecule has 1 amide bonds. The van der Waals surface area contributed by atoms with Crippen LogP contribution in [0.15, 0.2) is 60.0 Å². The van der Waals surface area contributed by atoms with Gasteiger partial charge in [0, 0.05) is 37.3 Å². The van der Waals surface area contributed by atoms with E-state index in [1.165, 1.54) is 6.33 Å². The van der Waals surface area contributed by atoms with E-state index in [0.29, 0.717) is 17.9 Å². The van der Waals surface area contributed by atoms with Gasteiger partial charge in [0.25, 0.3) is 5.91 Å². The first-order chi connectivity index (χ1) is 15.2. The molecule has 32 heavy (non-hydrogen) atoms. The van der Waals surface area contributed by atoms with Gasteiger partial charge in [-0.25, -0.2) is 9.97 Å². The number of hydrogen-bond acceptors (Lipinski definition) is 7. The molecule has 2 aliphatic heterocycles. The summed E-state index contributed by atoms with van der Waals surface area (Å²) in [6, 6.07) is 11.6. The van der Waals surface area contributed by atoms with E-state index in [1.54, 1.807) is 11.8 Å². The first-order valence-electron chi connectivity index (χ1n) is 10.4. The van der Waals surface area contributed by atoms with Crippen LogP contribution in [0.1, 0.15) is 18.0 Å². The van der Waals surface area contributed by atoms with Gasteiger partial charge in [-0.1, -0.05) is 30.3 Å². The van der Waals surface area contributed by atoms with E-state index in [-0.39, 0.29) is 30.4 Å². The smallest absolute Gasteiger partial charge is 0.259 e. The number of nitrogens with one attached hydrogen (secondary N) is 3. The number of hydrogen-bond donors (Lipinski definition) is 4. The second kappa shape index (κ2) is 9.91. The summed E-state index contributed by atoms with van der Waals surface area (Å²) in [6.07, 6.45) is 5.45. The summed E-state index contributed by atoms with van der Waals surface area (Å²) < 4.78 is 0. The summed E-state index contributed by atoms with van der Waals surface area (Å²) in [7, 11) is 0. The summed E-state index contributed by atoms with van der Waals surface area (Å²) in [5.41, 5.74) is 1.79. The fourth-order valence-corrected chi connectivity index (χ4v) is 5.07. The van der Waals surface area contributed by atoms with Gasteiger partial charge in [-0.3, -0.25) is 4.79 Å². The van der Waals surface area contributed by atoms with Gasteiger partial charge in [0.15, 0.2) is 0 Å². The number of benzene rings is 1. The van der Waals surface area contributed by atoms with E-state index in [0.717, 1.165) is 34.7 Å². The molecular formula is C22H25ClN6O2S. The molecule has 0 spiro atoms. The Bertz CT molecular complexity index is 1110. The van der Waals surface area contributed by atoms with Gasteiger partial charge in [0.1, 0.15) is 17.8 Å². The molecule has 2 aromatic heterocycles. The fraction of sp³-hybridized carbons (Fsp3) is 0.318. The Kier molecular flexibility index (Phi) is 7.00.